The Bertz CT molecular complexity index is 933. The van der Waals surface area contributed by atoms with E-state index < -0.39 is 15.7 Å². The Hall–Kier alpha value is -2.34. The highest BCUT2D eigenvalue weighted by Crippen LogP contribution is 2.29. The zero-order valence-corrected chi connectivity index (χ0v) is 16.5. The minimum absolute atomic E-state index is 0.157. The third kappa shape index (κ3) is 4.69. The van der Waals surface area contributed by atoms with Crippen molar-refractivity contribution in [1.29, 1.82) is 0 Å². The van der Waals surface area contributed by atoms with Gasteiger partial charge in [0, 0.05) is 5.56 Å². The predicted molar refractivity (Wildman–Crippen MR) is 106 cm³/mol. The molecule has 1 atom stereocenters. The van der Waals surface area contributed by atoms with Crippen LogP contribution in [0.2, 0.25) is 0 Å². The molecule has 0 heterocycles. The normalized spacial score (nSPS) is 16.3. The Morgan fingerprint density at radius 3 is 2.41 bits per heavy atom. The van der Waals surface area contributed by atoms with Gasteiger partial charge in [0.1, 0.15) is 12.4 Å². The summed E-state index contributed by atoms with van der Waals surface area (Å²) in [7, 11) is -3.02. The second-order valence-corrected chi connectivity index (χ2v) is 10.0. The Labute approximate surface area is 160 Å². The number of amides is 1. The molecular formula is C21H25NO4S. The number of carbonyl (C=O) groups is 1. The molecule has 1 aliphatic rings. The molecule has 0 aromatic heterocycles. The number of fused-ring (bicyclic) bond motifs is 1. The SMILES string of the molecule is CC(C)S(=O)(=O)C[C@H]1Cc2ccc(COc3ccc(C(N)=O)cc3)cc2C1. The van der Waals surface area contributed by atoms with Crippen LogP contribution in [-0.2, 0) is 29.3 Å². The molecule has 144 valence electrons. The largest absolute Gasteiger partial charge is 0.489 e. The second kappa shape index (κ2) is 7.72. The predicted octanol–water partition coefficient (Wildman–Crippen LogP) is 2.90. The molecule has 1 aliphatic carbocycles. The van der Waals surface area contributed by atoms with Crippen LogP contribution in [0.4, 0.5) is 0 Å². The highest BCUT2D eigenvalue weighted by molar-refractivity contribution is 7.91. The minimum Gasteiger partial charge on any atom is -0.489 e. The maximum atomic E-state index is 12.2. The molecule has 2 aromatic rings. The average Bonchev–Trinajstić information content (AvgIpc) is 3.00. The fourth-order valence-corrected chi connectivity index (χ4v) is 4.65. The number of sulfone groups is 1. The van der Waals surface area contributed by atoms with Gasteiger partial charge in [0.15, 0.2) is 9.84 Å². The van der Waals surface area contributed by atoms with Gasteiger partial charge in [-0.3, -0.25) is 4.79 Å². The number of primary amides is 1. The van der Waals surface area contributed by atoms with Crippen LogP contribution in [0.5, 0.6) is 5.75 Å². The van der Waals surface area contributed by atoms with Gasteiger partial charge in [-0.15, -0.1) is 0 Å². The molecule has 1 amide bonds. The van der Waals surface area contributed by atoms with Crippen LogP contribution in [0.1, 0.15) is 40.9 Å². The lowest BCUT2D eigenvalue weighted by atomic mass is 10.1. The molecule has 0 fully saturated rings. The van der Waals surface area contributed by atoms with Crippen molar-refractivity contribution in [3.63, 3.8) is 0 Å². The first-order chi connectivity index (χ1) is 12.7. The van der Waals surface area contributed by atoms with Gasteiger partial charge in [-0.25, -0.2) is 8.42 Å². The highest BCUT2D eigenvalue weighted by Gasteiger charge is 2.28. The molecule has 0 aliphatic heterocycles. The maximum Gasteiger partial charge on any atom is 0.248 e. The lowest BCUT2D eigenvalue weighted by Gasteiger charge is -2.12. The van der Waals surface area contributed by atoms with E-state index in [2.05, 4.69) is 12.1 Å². The summed E-state index contributed by atoms with van der Waals surface area (Å²) < 4.78 is 30.1. The molecular weight excluding hydrogens is 362 g/mol. The molecule has 2 N–H and O–H groups in total. The number of hydrogen-bond acceptors (Lipinski definition) is 4. The van der Waals surface area contributed by atoms with Crippen molar-refractivity contribution in [2.75, 3.05) is 5.75 Å². The number of nitrogens with two attached hydrogens (primary N) is 1. The Kier molecular flexibility index (Phi) is 5.56. The molecule has 0 spiro atoms. The van der Waals surface area contributed by atoms with Crippen LogP contribution in [0.15, 0.2) is 42.5 Å². The molecule has 5 nitrogen and oxygen atoms in total. The van der Waals surface area contributed by atoms with Crippen molar-refractivity contribution in [3.05, 3.63) is 64.7 Å². The molecule has 0 unspecified atom stereocenters. The summed E-state index contributed by atoms with van der Waals surface area (Å²) in [5, 5.41) is -0.328. The van der Waals surface area contributed by atoms with E-state index in [1.165, 1.54) is 11.1 Å². The summed E-state index contributed by atoms with van der Waals surface area (Å²) in [6.45, 7) is 3.89. The summed E-state index contributed by atoms with van der Waals surface area (Å²) in [6, 6.07) is 12.9. The third-order valence-corrected chi connectivity index (χ3v) is 7.39. The molecule has 6 heteroatoms. The van der Waals surface area contributed by atoms with Crippen LogP contribution in [0.3, 0.4) is 0 Å². The molecule has 0 bridgehead atoms. The van der Waals surface area contributed by atoms with E-state index in [1.54, 1.807) is 38.1 Å². The van der Waals surface area contributed by atoms with E-state index in [-0.39, 0.29) is 16.9 Å². The first-order valence-electron chi connectivity index (χ1n) is 9.09. The summed E-state index contributed by atoms with van der Waals surface area (Å²) >= 11 is 0. The Morgan fingerprint density at radius 1 is 1.11 bits per heavy atom. The first-order valence-corrected chi connectivity index (χ1v) is 10.8. The summed E-state index contributed by atoms with van der Waals surface area (Å²) in [6.07, 6.45) is 1.61. The van der Waals surface area contributed by atoms with Crippen molar-refractivity contribution >= 4 is 15.7 Å². The Balaban J connectivity index is 1.61. The van der Waals surface area contributed by atoms with Gasteiger partial charge in [-0.2, -0.15) is 0 Å². The van der Waals surface area contributed by atoms with Crippen molar-refractivity contribution in [2.45, 2.75) is 38.5 Å². The minimum atomic E-state index is -3.02. The summed E-state index contributed by atoms with van der Waals surface area (Å²) in [4.78, 5) is 11.1. The van der Waals surface area contributed by atoms with Gasteiger partial charge in [-0.1, -0.05) is 18.2 Å². The Morgan fingerprint density at radius 2 is 1.78 bits per heavy atom. The number of hydrogen-bond donors (Lipinski definition) is 1. The van der Waals surface area contributed by atoms with Gasteiger partial charge in [0.05, 0.1) is 11.0 Å². The maximum absolute atomic E-state index is 12.2. The van der Waals surface area contributed by atoms with E-state index in [4.69, 9.17) is 10.5 Å². The standard InChI is InChI=1S/C21H25NO4S/c1-14(2)27(24,25)13-16-10-18-4-3-15(9-19(18)11-16)12-26-20-7-5-17(6-8-20)21(22)23/h3-9,14,16H,10-13H2,1-2H3,(H2,22,23)/t16-/m0/s1. The molecule has 0 radical (unpaired) electrons. The van der Waals surface area contributed by atoms with Gasteiger partial charge in [-0.05, 0) is 73.6 Å². The lowest BCUT2D eigenvalue weighted by molar-refractivity contribution is 0.1000. The number of rotatable bonds is 7. The van der Waals surface area contributed by atoms with Gasteiger partial charge in [0.2, 0.25) is 5.91 Å². The fourth-order valence-electron chi connectivity index (χ4n) is 3.37. The first kappa shape index (κ1) is 19.4. The molecule has 3 rings (SSSR count). The zero-order valence-electron chi connectivity index (χ0n) is 15.6. The monoisotopic (exact) mass is 387 g/mol. The molecule has 0 saturated heterocycles. The van der Waals surface area contributed by atoms with Gasteiger partial charge in [0.25, 0.3) is 0 Å². The fraction of sp³-hybridized carbons (Fsp3) is 0.381. The van der Waals surface area contributed by atoms with Crippen LogP contribution in [0.25, 0.3) is 0 Å². The lowest BCUT2D eigenvalue weighted by Crippen LogP contribution is -2.23. The average molecular weight is 388 g/mol. The topological polar surface area (TPSA) is 86.5 Å². The van der Waals surface area contributed by atoms with Crippen LogP contribution >= 0.6 is 0 Å². The summed E-state index contributed by atoms with van der Waals surface area (Å²) in [5.74, 6) is 0.609. The van der Waals surface area contributed by atoms with E-state index in [1.807, 2.05) is 6.07 Å². The van der Waals surface area contributed by atoms with Gasteiger partial charge >= 0.3 is 0 Å². The molecule has 27 heavy (non-hydrogen) atoms. The van der Waals surface area contributed by atoms with Crippen LogP contribution in [0, 0.1) is 5.92 Å². The van der Waals surface area contributed by atoms with Crippen molar-refractivity contribution in [1.82, 2.24) is 0 Å². The third-order valence-electron chi connectivity index (χ3n) is 5.02. The molecule has 2 aromatic carbocycles. The highest BCUT2D eigenvalue weighted by atomic mass is 32.2. The van der Waals surface area contributed by atoms with Crippen molar-refractivity contribution in [2.24, 2.45) is 11.7 Å². The quantitative estimate of drug-likeness (QED) is 0.791. The van der Waals surface area contributed by atoms with Crippen molar-refractivity contribution < 1.29 is 17.9 Å². The molecule has 0 saturated carbocycles. The van der Waals surface area contributed by atoms with Crippen molar-refractivity contribution in [3.8, 4) is 5.75 Å². The smallest absolute Gasteiger partial charge is 0.248 e. The number of benzene rings is 2. The second-order valence-electron chi connectivity index (χ2n) is 7.43. The van der Waals surface area contributed by atoms with Gasteiger partial charge < -0.3 is 10.5 Å². The summed E-state index contributed by atoms with van der Waals surface area (Å²) in [5.41, 5.74) is 9.16. The van der Waals surface area contributed by atoms with Crippen LogP contribution < -0.4 is 10.5 Å². The van der Waals surface area contributed by atoms with Crippen LogP contribution in [-0.4, -0.2) is 25.3 Å². The van der Waals surface area contributed by atoms with E-state index in [0.29, 0.717) is 17.9 Å². The zero-order chi connectivity index (χ0) is 19.6. The number of carbonyl (C=O) groups excluding carboxylic acids is 1. The van der Waals surface area contributed by atoms with E-state index in [0.717, 1.165) is 18.4 Å². The number of ether oxygens (including phenoxy) is 1. The van der Waals surface area contributed by atoms with E-state index in [9.17, 15) is 13.2 Å². The van der Waals surface area contributed by atoms with E-state index >= 15 is 0 Å².